The van der Waals surface area contributed by atoms with Gasteiger partial charge in [-0.25, -0.2) is 0 Å². The third-order valence-corrected chi connectivity index (χ3v) is 5.81. The molecular weight excluding hydrogens is 310 g/mol. The SMILES string of the molecule is O=[N+]([O-])c1cccc(OC2CC(Br)C23CCCC3)c1. The molecule has 2 saturated carbocycles. The van der Waals surface area contributed by atoms with Crippen LogP contribution in [0.1, 0.15) is 32.1 Å². The largest absolute Gasteiger partial charge is 0.490 e. The van der Waals surface area contributed by atoms with Crippen molar-refractivity contribution >= 4 is 21.6 Å². The van der Waals surface area contributed by atoms with E-state index in [2.05, 4.69) is 15.9 Å². The minimum absolute atomic E-state index is 0.0905. The van der Waals surface area contributed by atoms with E-state index in [1.165, 1.54) is 37.8 Å². The Morgan fingerprint density at radius 3 is 2.74 bits per heavy atom. The molecule has 2 fully saturated rings. The molecule has 2 unspecified atom stereocenters. The second-order valence-corrected chi connectivity index (χ2v) is 6.61. The summed E-state index contributed by atoms with van der Waals surface area (Å²) in [5, 5.41) is 10.8. The van der Waals surface area contributed by atoms with Crippen molar-refractivity contribution in [1.82, 2.24) is 0 Å². The molecule has 102 valence electrons. The van der Waals surface area contributed by atoms with E-state index in [0.29, 0.717) is 10.6 Å². The highest BCUT2D eigenvalue weighted by Crippen LogP contribution is 2.57. The van der Waals surface area contributed by atoms with Crippen molar-refractivity contribution in [3.63, 3.8) is 0 Å². The van der Waals surface area contributed by atoms with Gasteiger partial charge in [-0.1, -0.05) is 34.8 Å². The maximum atomic E-state index is 10.8. The van der Waals surface area contributed by atoms with Gasteiger partial charge in [-0.3, -0.25) is 10.1 Å². The number of halogens is 1. The Bertz CT molecular complexity index is 499. The molecule has 4 nitrogen and oxygen atoms in total. The van der Waals surface area contributed by atoms with Crippen LogP contribution in [0.3, 0.4) is 0 Å². The summed E-state index contributed by atoms with van der Waals surface area (Å²) in [6.07, 6.45) is 6.10. The molecule has 1 aromatic carbocycles. The summed E-state index contributed by atoms with van der Waals surface area (Å²) in [5.74, 6) is 0.616. The second-order valence-electron chi connectivity index (χ2n) is 5.50. The van der Waals surface area contributed by atoms with Crippen molar-refractivity contribution in [3.05, 3.63) is 34.4 Å². The zero-order valence-corrected chi connectivity index (χ0v) is 12.1. The molecule has 0 radical (unpaired) electrons. The number of hydrogen-bond acceptors (Lipinski definition) is 3. The summed E-state index contributed by atoms with van der Waals surface area (Å²) in [4.78, 5) is 10.9. The van der Waals surface area contributed by atoms with E-state index in [1.807, 2.05) is 0 Å². The highest BCUT2D eigenvalue weighted by molar-refractivity contribution is 9.09. The average molecular weight is 326 g/mol. The van der Waals surface area contributed by atoms with Gasteiger partial charge in [0.15, 0.2) is 0 Å². The van der Waals surface area contributed by atoms with E-state index < -0.39 is 0 Å². The number of non-ortho nitro benzene ring substituents is 1. The number of nitro benzene ring substituents is 1. The summed E-state index contributed by atoms with van der Waals surface area (Å²) in [6.45, 7) is 0. The van der Waals surface area contributed by atoms with Crippen LogP contribution in [0.25, 0.3) is 0 Å². The molecule has 2 aliphatic rings. The van der Waals surface area contributed by atoms with Crippen LogP contribution in [0.2, 0.25) is 0 Å². The van der Waals surface area contributed by atoms with Gasteiger partial charge in [0.05, 0.1) is 11.0 Å². The minimum atomic E-state index is -0.383. The van der Waals surface area contributed by atoms with Crippen LogP contribution in [-0.4, -0.2) is 15.9 Å². The normalized spacial score (nSPS) is 28.1. The fourth-order valence-electron chi connectivity index (χ4n) is 3.37. The van der Waals surface area contributed by atoms with Gasteiger partial charge >= 0.3 is 0 Å². The molecule has 0 bridgehead atoms. The standard InChI is InChI=1S/C14H16BrNO3/c15-12-9-13(14(12)6-1-2-7-14)19-11-5-3-4-10(8-11)16(17)18/h3-5,8,12-13H,1-2,6-7,9H2. The molecule has 19 heavy (non-hydrogen) atoms. The van der Waals surface area contributed by atoms with Crippen molar-refractivity contribution < 1.29 is 9.66 Å². The molecule has 0 heterocycles. The first-order chi connectivity index (χ1) is 9.12. The molecule has 1 spiro atoms. The highest BCUT2D eigenvalue weighted by Gasteiger charge is 2.56. The first kappa shape index (κ1) is 12.9. The first-order valence-corrected chi connectivity index (χ1v) is 7.58. The van der Waals surface area contributed by atoms with Crippen LogP contribution in [0.4, 0.5) is 5.69 Å². The predicted molar refractivity (Wildman–Crippen MR) is 75.7 cm³/mol. The molecule has 0 aliphatic heterocycles. The van der Waals surface area contributed by atoms with Crippen molar-refractivity contribution in [2.45, 2.75) is 43.0 Å². The molecule has 0 amide bonds. The summed E-state index contributed by atoms with van der Waals surface area (Å²) >= 11 is 3.75. The van der Waals surface area contributed by atoms with Crippen molar-refractivity contribution in [2.24, 2.45) is 5.41 Å². The Labute approximate surface area is 120 Å². The van der Waals surface area contributed by atoms with E-state index in [1.54, 1.807) is 12.1 Å². The van der Waals surface area contributed by atoms with Gasteiger partial charge in [-0.2, -0.15) is 0 Å². The molecule has 5 heteroatoms. The zero-order chi connectivity index (χ0) is 13.5. The fourth-order valence-corrected chi connectivity index (χ4v) is 4.46. The summed E-state index contributed by atoms with van der Waals surface area (Å²) in [7, 11) is 0. The van der Waals surface area contributed by atoms with Gasteiger partial charge in [0.1, 0.15) is 11.9 Å². The summed E-state index contributed by atoms with van der Waals surface area (Å²) < 4.78 is 6.01. The molecular formula is C14H16BrNO3. The van der Waals surface area contributed by atoms with Gasteiger partial charge in [0.2, 0.25) is 0 Å². The molecule has 0 aromatic heterocycles. The third-order valence-electron chi connectivity index (χ3n) is 4.53. The van der Waals surface area contributed by atoms with Crippen LogP contribution in [0.15, 0.2) is 24.3 Å². The highest BCUT2D eigenvalue weighted by atomic mass is 79.9. The maximum Gasteiger partial charge on any atom is 0.273 e. The fraction of sp³-hybridized carbons (Fsp3) is 0.571. The Balaban J connectivity index is 1.75. The number of nitro groups is 1. The van der Waals surface area contributed by atoms with Crippen LogP contribution in [-0.2, 0) is 0 Å². The van der Waals surface area contributed by atoms with Gasteiger partial charge in [0, 0.05) is 16.3 Å². The number of nitrogens with zero attached hydrogens (tertiary/aromatic N) is 1. The first-order valence-electron chi connectivity index (χ1n) is 6.67. The Morgan fingerprint density at radius 1 is 1.37 bits per heavy atom. The zero-order valence-electron chi connectivity index (χ0n) is 10.5. The molecule has 2 aliphatic carbocycles. The monoisotopic (exact) mass is 325 g/mol. The van der Waals surface area contributed by atoms with E-state index in [4.69, 9.17) is 4.74 Å². The molecule has 2 atom stereocenters. The maximum absolute atomic E-state index is 10.8. The molecule has 0 saturated heterocycles. The van der Waals surface area contributed by atoms with E-state index in [9.17, 15) is 10.1 Å². The lowest BCUT2D eigenvalue weighted by Crippen LogP contribution is -2.55. The topological polar surface area (TPSA) is 52.4 Å². The Hall–Kier alpha value is -1.10. The van der Waals surface area contributed by atoms with Crippen molar-refractivity contribution in [1.29, 1.82) is 0 Å². The molecule has 3 rings (SSSR count). The van der Waals surface area contributed by atoms with Crippen LogP contribution < -0.4 is 4.74 Å². The lowest BCUT2D eigenvalue weighted by molar-refractivity contribution is -0.385. The predicted octanol–water partition coefficient (Wildman–Crippen LogP) is 4.07. The van der Waals surface area contributed by atoms with Gasteiger partial charge < -0.3 is 4.74 Å². The number of ether oxygens (including phenoxy) is 1. The number of hydrogen-bond donors (Lipinski definition) is 0. The smallest absolute Gasteiger partial charge is 0.273 e. The number of alkyl halides is 1. The van der Waals surface area contributed by atoms with Crippen LogP contribution >= 0.6 is 15.9 Å². The van der Waals surface area contributed by atoms with Crippen LogP contribution in [0, 0.1) is 15.5 Å². The van der Waals surface area contributed by atoms with Crippen LogP contribution in [0.5, 0.6) is 5.75 Å². The number of benzene rings is 1. The average Bonchev–Trinajstić information content (AvgIpc) is 2.91. The van der Waals surface area contributed by atoms with Gasteiger partial charge in [-0.15, -0.1) is 0 Å². The summed E-state index contributed by atoms with van der Waals surface area (Å²) in [6, 6.07) is 6.49. The Morgan fingerprint density at radius 2 is 2.11 bits per heavy atom. The molecule has 0 N–H and O–H groups in total. The number of rotatable bonds is 3. The quantitative estimate of drug-likeness (QED) is 0.478. The minimum Gasteiger partial charge on any atom is -0.490 e. The van der Waals surface area contributed by atoms with E-state index in [0.717, 1.165) is 6.42 Å². The van der Waals surface area contributed by atoms with Crippen molar-refractivity contribution in [3.8, 4) is 5.75 Å². The van der Waals surface area contributed by atoms with Crippen molar-refractivity contribution in [2.75, 3.05) is 0 Å². The molecule has 1 aromatic rings. The van der Waals surface area contributed by atoms with Gasteiger partial charge in [-0.05, 0) is 25.3 Å². The third kappa shape index (κ3) is 2.14. The van der Waals surface area contributed by atoms with Gasteiger partial charge in [0.25, 0.3) is 5.69 Å². The van der Waals surface area contributed by atoms with E-state index in [-0.39, 0.29) is 22.1 Å². The lowest BCUT2D eigenvalue weighted by atomic mass is 9.64. The Kier molecular flexibility index (Phi) is 3.25. The summed E-state index contributed by atoms with van der Waals surface area (Å²) in [5.41, 5.74) is 0.345. The second kappa shape index (κ2) is 4.78. The lowest BCUT2D eigenvalue weighted by Gasteiger charge is -2.51. The van der Waals surface area contributed by atoms with E-state index >= 15 is 0 Å².